The summed E-state index contributed by atoms with van der Waals surface area (Å²) in [6, 6.07) is 11.9. The van der Waals surface area contributed by atoms with Crippen molar-refractivity contribution in [2.24, 2.45) is 0 Å². The van der Waals surface area contributed by atoms with Crippen LogP contribution in [0, 0.1) is 0 Å². The molecule has 0 spiro atoms. The smallest absolute Gasteiger partial charge is 0.130 e. The largest absolute Gasteiger partial charge is 0.457 e. The first-order valence-corrected chi connectivity index (χ1v) is 8.45. The molecule has 1 nitrogen and oxygen atoms in total. The van der Waals surface area contributed by atoms with Gasteiger partial charge in [0.15, 0.2) is 0 Å². The van der Waals surface area contributed by atoms with Crippen LogP contribution in [0.25, 0.3) is 0 Å². The number of ether oxygens (including phenoxy) is 1. The number of hydrogen-bond donors (Lipinski definition) is 0. The molecule has 0 heterocycles. The molecule has 0 atom stereocenters. The van der Waals surface area contributed by atoms with Crippen LogP contribution in [0.15, 0.2) is 45.3 Å². The molecule has 0 fully saturated rings. The lowest BCUT2D eigenvalue weighted by Gasteiger charge is -2.15. The van der Waals surface area contributed by atoms with Crippen molar-refractivity contribution >= 4 is 43.5 Å². The molecule has 20 heavy (non-hydrogen) atoms. The second-order valence-corrected chi connectivity index (χ2v) is 6.86. The maximum absolute atomic E-state index is 6.01. The predicted octanol–water partition coefficient (Wildman–Crippen LogP) is 6.87. The van der Waals surface area contributed by atoms with Crippen molar-refractivity contribution in [2.75, 3.05) is 0 Å². The van der Waals surface area contributed by atoms with Crippen LogP contribution in [0.5, 0.6) is 11.5 Å². The fourth-order valence-corrected chi connectivity index (χ4v) is 3.16. The van der Waals surface area contributed by atoms with Crippen LogP contribution in [-0.2, 0) is 5.88 Å². The summed E-state index contributed by atoms with van der Waals surface area (Å²) >= 11 is 12.9. The van der Waals surface area contributed by atoms with Gasteiger partial charge in [0.25, 0.3) is 0 Å². The van der Waals surface area contributed by atoms with E-state index in [0.717, 1.165) is 26.0 Å². The second kappa shape index (κ2) is 6.97. The van der Waals surface area contributed by atoms with E-state index >= 15 is 0 Å². The van der Waals surface area contributed by atoms with Gasteiger partial charge in [0.1, 0.15) is 11.5 Å². The Balaban J connectivity index is 2.32. The van der Waals surface area contributed by atoms with Crippen LogP contribution >= 0.6 is 43.5 Å². The third kappa shape index (κ3) is 3.78. The number of alkyl halides is 1. The average Bonchev–Trinajstić information content (AvgIpc) is 2.41. The second-order valence-electron chi connectivity index (χ2n) is 4.83. The molecule has 0 aromatic heterocycles. The average molecular weight is 419 g/mol. The van der Waals surface area contributed by atoms with Gasteiger partial charge in [-0.15, -0.1) is 11.6 Å². The molecular formula is C16H15Br2ClO. The van der Waals surface area contributed by atoms with Crippen LogP contribution in [-0.4, -0.2) is 0 Å². The van der Waals surface area contributed by atoms with Gasteiger partial charge in [-0.3, -0.25) is 0 Å². The minimum absolute atomic E-state index is 0.396. The van der Waals surface area contributed by atoms with Gasteiger partial charge in [-0.1, -0.05) is 51.8 Å². The molecule has 0 radical (unpaired) electrons. The van der Waals surface area contributed by atoms with E-state index in [1.807, 2.05) is 30.3 Å². The highest BCUT2D eigenvalue weighted by Crippen LogP contribution is 2.34. The Morgan fingerprint density at radius 2 is 1.85 bits per heavy atom. The van der Waals surface area contributed by atoms with Gasteiger partial charge in [-0.2, -0.15) is 0 Å². The van der Waals surface area contributed by atoms with E-state index in [2.05, 4.69) is 51.8 Å². The van der Waals surface area contributed by atoms with Gasteiger partial charge >= 0.3 is 0 Å². The molecule has 0 aliphatic carbocycles. The zero-order valence-corrected chi connectivity index (χ0v) is 15.2. The summed E-state index contributed by atoms with van der Waals surface area (Å²) in [6.07, 6.45) is 0. The molecule has 2 rings (SSSR count). The highest BCUT2D eigenvalue weighted by atomic mass is 79.9. The molecule has 0 saturated carbocycles. The minimum Gasteiger partial charge on any atom is -0.457 e. The van der Waals surface area contributed by atoms with E-state index in [-0.39, 0.29) is 0 Å². The SMILES string of the molecule is CC(C)c1cc(Br)ccc1Oc1ccc(CCl)c(Br)c1. The summed E-state index contributed by atoms with van der Waals surface area (Å²) in [5, 5.41) is 0. The van der Waals surface area contributed by atoms with Crippen molar-refractivity contribution in [1.82, 2.24) is 0 Å². The molecule has 4 heteroatoms. The van der Waals surface area contributed by atoms with Gasteiger partial charge < -0.3 is 4.74 Å². The predicted molar refractivity (Wildman–Crippen MR) is 92.0 cm³/mol. The van der Waals surface area contributed by atoms with Crippen LogP contribution in [0.2, 0.25) is 0 Å². The van der Waals surface area contributed by atoms with E-state index in [4.69, 9.17) is 16.3 Å². The standard InChI is InChI=1S/C16H15Br2ClO/c1-10(2)14-7-12(17)4-6-16(14)20-13-5-3-11(9-19)15(18)8-13/h3-8,10H,9H2,1-2H3. The molecule has 2 aromatic carbocycles. The van der Waals surface area contributed by atoms with Crippen molar-refractivity contribution < 1.29 is 4.74 Å². The van der Waals surface area contributed by atoms with Gasteiger partial charge in [-0.05, 0) is 47.4 Å². The first-order valence-electron chi connectivity index (χ1n) is 6.33. The summed E-state index contributed by atoms with van der Waals surface area (Å²) in [5.74, 6) is 2.56. The minimum atomic E-state index is 0.396. The maximum Gasteiger partial charge on any atom is 0.130 e. The third-order valence-electron chi connectivity index (χ3n) is 2.99. The first-order chi connectivity index (χ1) is 9.51. The molecular weight excluding hydrogens is 403 g/mol. The van der Waals surface area contributed by atoms with Crippen molar-refractivity contribution in [3.05, 3.63) is 56.5 Å². The lowest BCUT2D eigenvalue weighted by atomic mass is 10.0. The van der Waals surface area contributed by atoms with E-state index < -0.39 is 0 Å². The van der Waals surface area contributed by atoms with E-state index in [9.17, 15) is 0 Å². The normalized spacial score (nSPS) is 10.9. The van der Waals surface area contributed by atoms with Gasteiger partial charge in [0.2, 0.25) is 0 Å². The highest BCUT2D eigenvalue weighted by Gasteiger charge is 2.10. The summed E-state index contributed by atoms with van der Waals surface area (Å²) in [6.45, 7) is 4.31. The molecule has 0 unspecified atom stereocenters. The molecule has 0 N–H and O–H groups in total. The lowest BCUT2D eigenvalue weighted by molar-refractivity contribution is 0.472. The Bertz CT molecular complexity index is 611. The van der Waals surface area contributed by atoms with Gasteiger partial charge in [0, 0.05) is 14.8 Å². The monoisotopic (exact) mass is 416 g/mol. The number of rotatable bonds is 4. The zero-order chi connectivity index (χ0) is 14.7. The summed E-state index contributed by atoms with van der Waals surface area (Å²) < 4.78 is 8.04. The molecule has 0 aliphatic heterocycles. The summed E-state index contributed by atoms with van der Waals surface area (Å²) in [5.41, 5.74) is 2.23. The number of hydrogen-bond acceptors (Lipinski definition) is 1. The lowest BCUT2D eigenvalue weighted by Crippen LogP contribution is -1.94. The van der Waals surface area contributed by atoms with Gasteiger partial charge in [-0.25, -0.2) is 0 Å². The molecule has 0 bridgehead atoms. The van der Waals surface area contributed by atoms with Crippen molar-refractivity contribution in [2.45, 2.75) is 25.6 Å². The van der Waals surface area contributed by atoms with Crippen LogP contribution < -0.4 is 4.74 Å². The molecule has 106 valence electrons. The fraction of sp³-hybridized carbons (Fsp3) is 0.250. The molecule has 2 aromatic rings. The fourth-order valence-electron chi connectivity index (χ4n) is 1.89. The van der Waals surface area contributed by atoms with Crippen molar-refractivity contribution in [3.63, 3.8) is 0 Å². The quantitative estimate of drug-likeness (QED) is 0.493. The van der Waals surface area contributed by atoms with Crippen LogP contribution in [0.4, 0.5) is 0 Å². The molecule has 0 aliphatic rings. The molecule has 0 amide bonds. The van der Waals surface area contributed by atoms with Crippen molar-refractivity contribution in [1.29, 1.82) is 0 Å². The van der Waals surface area contributed by atoms with Gasteiger partial charge in [0.05, 0.1) is 0 Å². The highest BCUT2D eigenvalue weighted by molar-refractivity contribution is 9.10. The Morgan fingerprint density at radius 3 is 2.45 bits per heavy atom. The first kappa shape index (κ1) is 15.9. The zero-order valence-electron chi connectivity index (χ0n) is 11.3. The third-order valence-corrected chi connectivity index (χ3v) is 4.51. The Hall–Kier alpha value is -0.510. The van der Waals surface area contributed by atoms with Crippen LogP contribution in [0.3, 0.4) is 0 Å². The Kier molecular flexibility index (Phi) is 5.53. The van der Waals surface area contributed by atoms with E-state index in [1.54, 1.807) is 0 Å². The summed E-state index contributed by atoms with van der Waals surface area (Å²) in [7, 11) is 0. The maximum atomic E-state index is 6.01. The number of benzene rings is 2. The Morgan fingerprint density at radius 1 is 1.10 bits per heavy atom. The van der Waals surface area contributed by atoms with E-state index in [0.29, 0.717) is 11.8 Å². The summed E-state index contributed by atoms with van der Waals surface area (Å²) in [4.78, 5) is 0. The van der Waals surface area contributed by atoms with Crippen LogP contribution in [0.1, 0.15) is 30.9 Å². The topological polar surface area (TPSA) is 9.23 Å². The number of halogens is 3. The Labute approximate surface area is 141 Å². The van der Waals surface area contributed by atoms with E-state index in [1.165, 1.54) is 5.56 Å². The molecule has 0 saturated heterocycles. The van der Waals surface area contributed by atoms with Crippen molar-refractivity contribution in [3.8, 4) is 11.5 Å².